The molecular weight excluding hydrogens is 252 g/mol. The number of aromatic nitrogens is 1. The molecule has 0 radical (unpaired) electrons. The maximum Gasteiger partial charge on any atom is 0.0372 e. The van der Waals surface area contributed by atoms with Gasteiger partial charge in [-0.05, 0) is 49.2 Å². The molecule has 2 nitrogen and oxygen atoms in total. The van der Waals surface area contributed by atoms with Gasteiger partial charge in [-0.15, -0.1) is 11.3 Å². The second-order valence-electron chi connectivity index (χ2n) is 4.77. The molecule has 3 heteroatoms. The number of rotatable bonds is 6. The number of nitrogens with one attached hydrogen (secondary N) is 1. The Kier molecular flexibility index (Phi) is 5.11. The summed E-state index contributed by atoms with van der Waals surface area (Å²) in [5.41, 5.74) is 2.63. The molecule has 0 bridgehead atoms. The van der Waals surface area contributed by atoms with Gasteiger partial charge in [0.05, 0.1) is 0 Å². The lowest BCUT2D eigenvalue weighted by molar-refractivity contribution is 0.550. The van der Waals surface area contributed by atoms with Gasteiger partial charge in [0.25, 0.3) is 0 Å². The fourth-order valence-corrected chi connectivity index (χ4v) is 3.34. The van der Waals surface area contributed by atoms with E-state index in [1.807, 2.05) is 23.7 Å². The molecule has 2 aromatic rings. The maximum atomic E-state index is 4.19. The quantitative estimate of drug-likeness (QED) is 0.864. The van der Waals surface area contributed by atoms with Crippen molar-refractivity contribution in [2.75, 3.05) is 6.54 Å². The topological polar surface area (TPSA) is 24.9 Å². The first-order chi connectivity index (χ1) is 9.24. The average Bonchev–Trinajstić information content (AvgIpc) is 2.87. The molecule has 0 aliphatic heterocycles. The van der Waals surface area contributed by atoms with Crippen LogP contribution >= 0.6 is 11.3 Å². The highest BCUT2D eigenvalue weighted by Gasteiger charge is 2.14. The number of thiophene rings is 1. The summed E-state index contributed by atoms with van der Waals surface area (Å²) in [5, 5.41) is 3.59. The van der Waals surface area contributed by atoms with Crippen LogP contribution in [0, 0.1) is 6.92 Å². The van der Waals surface area contributed by atoms with Gasteiger partial charge in [-0.2, -0.15) is 0 Å². The second-order valence-corrected chi connectivity index (χ2v) is 6.02. The van der Waals surface area contributed by atoms with Crippen molar-refractivity contribution in [3.05, 3.63) is 51.5 Å². The van der Waals surface area contributed by atoms with Gasteiger partial charge in [-0.3, -0.25) is 4.98 Å². The lowest BCUT2D eigenvalue weighted by Gasteiger charge is -2.19. The Morgan fingerprint density at radius 2 is 2.00 bits per heavy atom. The van der Waals surface area contributed by atoms with Crippen LogP contribution in [0.3, 0.4) is 0 Å². The molecule has 1 N–H and O–H groups in total. The van der Waals surface area contributed by atoms with Crippen LogP contribution in [-0.2, 0) is 12.8 Å². The summed E-state index contributed by atoms with van der Waals surface area (Å²) in [6, 6.07) is 7.04. The molecule has 0 aromatic carbocycles. The highest BCUT2D eigenvalue weighted by molar-refractivity contribution is 7.11. The molecule has 2 aromatic heterocycles. The van der Waals surface area contributed by atoms with Gasteiger partial charge in [0.2, 0.25) is 0 Å². The van der Waals surface area contributed by atoms with E-state index < -0.39 is 0 Å². The summed E-state index contributed by atoms with van der Waals surface area (Å²) in [7, 11) is 0. The fraction of sp³-hybridized carbons (Fsp3) is 0.438. The minimum absolute atomic E-state index is 0.386. The highest BCUT2D eigenvalue weighted by Crippen LogP contribution is 2.25. The van der Waals surface area contributed by atoms with Crippen LogP contribution in [0.25, 0.3) is 0 Å². The van der Waals surface area contributed by atoms with Gasteiger partial charge in [0, 0.05) is 34.6 Å². The molecule has 102 valence electrons. The van der Waals surface area contributed by atoms with Crippen molar-refractivity contribution in [1.29, 1.82) is 0 Å². The van der Waals surface area contributed by atoms with Crippen LogP contribution in [0.15, 0.2) is 30.6 Å². The Morgan fingerprint density at radius 1 is 1.21 bits per heavy atom. The third kappa shape index (κ3) is 3.64. The maximum absolute atomic E-state index is 4.19. The van der Waals surface area contributed by atoms with E-state index in [0.29, 0.717) is 6.04 Å². The molecule has 2 rings (SSSR count). The van der Waals surface area contributed by atoms with Crippen molar-refractivity contribution in [1.82, 2.24) is 10.3 Å². The minimum Gasteiger partial charge on any atom is -0.310 e. The smallest absolute Gasteiger partial charge is 0.0372 e. The molecule has 2 heterocycles. The Morgan fingerprint density at radius 3 is 2.63 bits per heavy atom. The molecule has 0 amide bonds. The van der Waals surface area contributed by atoms with Gasteiger partial charge in [-0.1, -0.05) is 13.8 Å². The number of hydrogen-bond donors (Lipinski definition) is 1. The van der Waals surface area contributed by atoms with E-state index in [4.69, 9.17) is 0 Å². The lowest BCUT2D eigenvalue weighted by Crippen LogP contribution is -2.23. The van der Waals surface area contributed by atoms with Gasteiger partial charge in [-0.25, -0.2) is 0 Å². The molecule has 0 fully saturated rings. The number of likely N-dealkylation sites (N-methyl/N-ethyl adjacent to an activating group) is 1. The molecule has 0 saturated carbocycles. The summed E-state index contributed by atoms with van der Waals surface area (Å²) in [6.07, 6.45) is 6.03. The third-order valence-electron chi connectivity index (χ3n) is 3.36. The first-order valence-electron chi connectivity index (χ1n) is 6.96. The summed E-state index contributed by atoms with van der Waals surface area (Å²) in [4.78, 5) is 7.11. The van der Waals surface area contributed by atoms with Crippen molar-refractivity contribution in [3.63, 3.8) is 0 Å². The van der Waals surface area contributed by atoms with E-state index in [1.165, 1.54) is 20.9 Å². The van der Waals surface area contributed by atoms with Crippen LogP contribution in [0.5, 0.6) is 0 Å². The molecule has 19 heavy (non-hydrogen) atoms. The van der Waals surface area contributed by atoms with E-state index in [2.05, 4.69) is 49.3 Å². The molecule has 0 spiro atoms. The summed E-state index contributed by atoms with van der Waals surface area (Å²) in [5.74, 6) is 0. The largest absolute Gasteiger partial charge is 0.310 e. The van der Waals surface area contributed by atoms with E-state index in [-0.39, 0.29) is 0 Å². The molecular formula is C16H22N2S. The van der Waals surface area contributed by atoms with E-state index in [9.17, 15) is 0 Å². The Labute approximate surface area is 119 Å². The molecule has 0 saturated heterocycles. The second kappa shape index (κ2) is 6.83. The van der Waals surface area contributed by atoms with Crippen LogP contribution in [0.2, 0.25) is 0 Å². The monoisotopic (exact) mass is 274 g/mol. The van der Waals surface area contributed by atoms with Crippen molar-refractivity contribution < 1.29 is 0 Å². The Bertz CT molecular complexity index is 519. The normalized spacial score (nSPS) is 12.6. The van der Waals surface area contributed by atoms with Gasteiger partial charge < -0.3 is 5.32 Å². The summed E-state index contributed by atoms with van der Waals surface area (Å²) in [6.45, 7) is 7.50. The van der Waals surface area contributed by atoms with E-state index in [1.54, 1.807) is 0 Å². The van der Waals surface area contributed by atoms with E-state index in [0.717, 1.165) is 19.4 Å². The molecule has 0 aliphatic carbocycles. The molecule has 1 atom stereocenters. The first-order valence-corrected chi connectivity index (χ1v) is 7.77. The number of nitrogens with zero attached hydrogens (tertiary/aromatic N) is 1. The fourth-order valence-electron chi connectivity index (χ4n) is 2.34. The predicted molar refractivity (Wildman–Crippen MR) is 82.8 cm³/mol. The van der Waals surface area contributed by atoms with Crippen molar-refractivity contribution in [2.45, 2.75) is 39.7 Å². The first kappa shape index (κ1) is 14.2. The molecule has 1 unspecified atom stereocenters. The molecule has 0 aliphatic rings. The zero-order chi connectivity index (χ0) is 13.7. The minimum atomic E-state index is 0.386. The Balaban J connectivity index is 2.18. The standard InChI is InChI=1S/C16H22N2S/c1-4-13-6-7-14(19-13)10-16(18-5-2)15-8-9-17-11-12(15)3/h6-9,11,16,18H,4-5,10H2,1-3H3. The Hall–Kier alpha value is -1.19. The van der Waals surface area contributed by atoms with Crippen LogP contribution in [-0.4, -0.2) is 11.5 Å². The zero-order valence-corrected chi connectivity index (χ0v) is 12.8. The third-order valence-corrected chi connectivity index (χ3v) is 4.61. The van der Waals surface area contributed by atoms with Crippen molar-refractivity contribution >= 4 is 11.3 Å². The average molecular weight is 274 g/mol. The number of pyridine rings is 1. The van der Waals surface area contributed by atoms with Crippen molar-refractivity contribution in [2.24, 2.45) is 0 Å². The van der Waals surface area contributed by atoms with Gasteiger partial charge in [0.1, 0.15) is 0 Å². The SMILES string of the molecule is CCNC(Cc1ccc(CC)s1)c1ccncc1C. The number of hydrogen-bond acceptors (Lipinski definition) is 3. The summed E-state index contributed by atoms with van der Waals surface area (Å²) < 4.78 is 0. The summed E-state index contributed by atoms with van der Waals surface area (Å²) >= 11 is 1.93. The van der Waals surface area contributed by atoms with E-state index >= 15 is 0 Å². The zero-order valence-electron chi connectivity index (χ0n) is 11.9. The lowest BCUT2D eigenvalue weighted by atomic mass is 10.00. The van der Waals surface area contributed by atoms with Crippen LogP contribution < -0.4 is 5.32 Å². The number of aryl methyl sites for hydroxylation is 2. The van der Waals surface area contributed by atoms with Crippen LogP contribution in [0.4, 0.5) is 0 Å². The van der Waals surface area contributed by atoms with Gasteiger partial charge >= 0.3 is 0 Å². The predicted octanol–water partition coefficient (Wildman–Crippen LogP) is 3.91. The van der Waals surface area contributed by atoms with Crippen molar-refractivity contribution in [3.8, 4) is 0 Å². The van der Waals surface area contributed by atoms with Gasteiger partial charge in [0.15, 0.2) is 0 Å². The highest BCUT2D eigenvalue weighted by atomic mass is 32.1. The van der Waals surface area contributed by atoms with Crippen LogP contribution in [0.1, 0.15) is 40.8 Å².